The van der Waals surface area contributed by atoms with Crippen LogP contribution in [0.25, 0.3) is 22.3 Å². The molecule has 314 valence electrons. The summed E-state index contributed by atoms with van der Waals surface area (Å²) in [4.78, 5) is 9.40. The van der Waals surface area contributed by atoms with Crippen molar-refractivity contribution < 1.29 is 57.0 Å². The van der Waals surface area contributed by atoms with Crippen LogP contribution in [-0.4, -0.2) is 69.1 Å². The Hall–Kier alpha value is -7.56. The van der Waals surface area contributed by atoms with E-state index in [1.165, 1.54) is 84.9 Å². The summed E-state index contributed by atoms with van der Waals surface area (Å²) < 4.78 is 95.4. The molecule has 7 aromatic rings. The van der Waals surface area contributed by atoms with E-state index in [0.717, 1.165) is 12.1 Å². The number of aromatic amines is 3. The number of benzene rings is 4. The van der Waals surface area contributed by atoms with Gasteiger partial charge >= 0.3 is 12.4 Å². The van der Waals surface area contributed by atoms with Gasteiger partial charge in [-0.15, -0.1) is 0 Å². The molecule has 8 bridgehead atoms. The van der Waals surface area contributed by atoms with E-state index < -0.39 is 57.6 Å². The van der Waals surface area contributed by atoms with Gasteiger partial charge in [0, 0.05) is 55.8 Å². The molecule has 4 aromatic carbocycles. The van der Waals surface area contributed by atoms with Crippen molar-refractivity contribution in [3.8, 4) is 23.0 Å². The Morgan fingerprint density at radius 1 is 0.371 bits per heavy atom. The van der Waals surface area contributed by atoms with Gasteiger partial charge < -0.3 is 50.9 Å². The summed E-state index contributed by atoms with van der Waals surface area (Å²) >= 11 is 0. The molecule has 10 N–H and O–H groups in total. The summed E-state index contributed by atoms with van der Waals surface area (Å²) in [7, 11) is 0. The first-order valence-corrected chi connectivity index (χ1v) is 18.7. The Kier molecular flexibility index (Phi) is 9.01. The van der Waals surface area contributed by atoms with Crippen molar-refractivity contribution in [1.82, 2.24) is 20.3 Å². The molecule has 0 spiro atoms. The van der Waals surface area contributed by atoms with E-state index in [4.69, 9.17) is 0 Å². The fraction of sp³-hybridized carbons (Fsp3) is 0.0870. The second-order valence-corrected chi connectivity index (χ2v) is 14.8. The molecule has 2 atom stereocenters. The predicted molar refractivity (Wildman–Crippen MR) is 214 cm³/mol. The molecule has 0 radical (unpaired) electrons. The molecule has 0 saturated carbocycles. The number of rotatable bonds is 4. The standard InChI is InChI=1S/C46H32F6N4O6/c47-45(48,49)43(61)41-39(25-7-3-11-29(59)21-25)35-17-15-33(54-35)37(23-5-1-9-27(57)19-23)31-13-14-32(53-31)38(24-6-2-10-28(58)20-24)34-16-18-36(55-34)40(26-8-4-12-30(60)22-26)42(56-41)44(43,62)46(50,51)52/h1-22,53-62H. The first-order chi connectivity index (χ1) is 29.4. The van der Waals surface area contributed by atoms with Gasteiger partial charge in [0.25, 0.3) is 0 Å². The lowest BCUT2D eigenvalue weighted by molar-refractivity contribution is -0.353. The third-order valence-corrected chi connectivity index (χ3v) is 11.0. The van der Waals surface area contributed by atoms with Crippen LogP contribution in [0.3, 0.4) is 0 Å². The van der Waals surface area contributed by atoms with Crippen LogP contribution in [0.5, 0.6) is 23.0 Å². The summed E-state index contributed by atoms with van der Waals surface area (Å²) in [5.74, 6) is -1.27. The molecule has 10 nitrogen and oxygen atoms in total. The van der Waals surface area contributed by atoms with E-state index in [1.54, 1.807) is 36.4 Å². The Morgan fingerprint density at radius 3 is 0.952 bits per heavy atom. The van der Waals surface area contributed by atoms with Crippen LogP contribution in [0.1, 0.15) is 45.0 Å². The predicted octanol–water partition coefficient (Wildman–Crippen LogP) is 6.71. The lowest BCUT2D eigenvalue weighted by Crippen LogP contribution is -2.67. The highest BCUT2D eigenvalue weighted by molar-refractivity contribution is 5.90. The quantitative estimate of drug-likeness (QED) is 0.0875. The lowest BCUT2D eigenvalue weighted by atomic mass is 9.76. The topological polar surface area (TPSA) is 181 Å². The monoisotopic (exact) mass is 850 g/mol. The van der Waals surface area contributed by atoms with Crippen LogP contribution >= 0.6 is 0 Å². The molecule has 3 aromatic heterocycles. The van der Waals surface area contributed by atoms with Crippen LogP contribution in [0.4, 0.5) is 26.3 Å². The van der Waals surface area contributed by atoms with E-state index >= 15 is 26.3 Å². The number of H-pyrrole nitrogens is 3. The van der Waals surface area contributed by atoms with Crippen molar-refractivity contribution in [3.05, 3.63) is 201 Å². The zero-order valence-electron chi connectivity index (χ0n) is 31.7. The van der Waals surface area contributed by atoms with Gasteiger partial charge in [0.2, 0.25) is 11.2 Å². The molecule has 0 amide bonds. The largest absolute Gasteiger partial charge is 0.508 e. The number of phenols is 4. The van der Waals surface area contributed by atoms with E-state index in [1.807, 2.05) is 0 Å². The third kappa shape index (κ3) is 6.13. The van der Waals surface area contributed by atoms with Gasteiger partial charge in [0.05, 0.1) is 11.4 Å². The van der Waals surface area contributed by atoms with Crippen molar-refractivity contribution >= 4 is 22.3 Å². The highest BCUT2D eigenvalue weighted by atomic mass is 19.4. The zero-order chi connectivity index (χ0) is 43.9. The van der Waals surface area contributed by atoms with Gasteiger partial charge in [0.1, 0.15) is 23.0 Å². The smallest absolute Gasteiger partial charge is 0.426 e. The highest BCUT2D eigenvalue weighted by Crippen LogP contribution is 2.60. The van der Waals surface area contributed by atoms with Crippen molar-refractivity contribution in [1.29, 1.82) is 0 Å². The van der Waals surface area contributed by atoms with Crippen molar-refractivity contribution in [2.75, 3.05) is 0 Å². The van der Waals surface area contributed by atoms with E-state index in [0.29, 0.717) is 33.0 Å². The second kappa shape index (κ2) is 14.0. The number of aliphatic hydroxyl groups is 2. The summed E-state index contributed by atoms with van der Waals surface area (Å²) in [5.41, 5.74) is -14.3. The number of phenolic OH excluding ortho intramolecular Hbond substituents is 4. The van der Waals surface area contributed by atoms with Gasteiger partial charge in [-0.05, 0) is 107 Å². The Morgan fingerprint density at radius 2 is 0.661 bits per heavy atom. The molecule has 1 fully saturated rings. The van der Waals surface area contributed by atoms with Gasteiger partial charge in [-0.2, -0.15) is 26.3 Å². The van der Waals surface area contributed by atoms with Crippen molar-refractivity contribution in [3.63, 3.8) is 0 Å². The third-order valence-electron chi connectivity index (χ3n) is 11.0. The number of nitrogens with one attached hydrogen (secondary N) is 4. The summed E-state index contributed by atoms with van der Waals surface area (Å²) in [6.07, 6.45) is -12.6. The highest BCUT2D eigenvalue weighted by Gasteiger charge is 2.83. The molecule has 2 aliphatic rings. The number of fused-ring (bicyclic) bond motifs is 8. The van der Waals surface area contributed by atoms with Crippen LogP contribution in [-0.2, 0) is 0 Å². The minimum Gasteiger partial charge on any atom is -0.508 e. The van der Waals surface area contributed by atoms with Gasteiger partial charge in [-0.25, -0.2) is 0 Å². The van der Waals surface area contributed by atoms with Crippen molar-refractivity contribution in [2.24, 2.45) is 0 Å². The van der Waals surface area contributed by atoms with E-state index in [9.17, 15) is 30.6 Å². The molecule has 2 unspecified atom stereocenters. The number of hydrogen-bond acceptors (Lipinski definition) is 7. The van der Waals surface area contributed by atoms with E-state index in [2.05, 4.69) is 20.3 Å². The summed E-state index contributed by atoms with van der Waals surface area (Å²) in [6.45, 7) is 0. The molecule has 16 heteroatoms. The maximum Gasteiger partial charge on any atom is 0.426 e. The second-order valence-electron chi connectivity index (χ2n) is 14.8. The Balaban J connectivity index is 1.53. The number of alkyl halides is 6. The Labute approximate surface area is 346 Å². The molecule has 0 aliphatic carbocycles. The molecule has 62 heavy (non-hydrogen) atoms. The molecule has 1 saturated heterocycles. The SMILES string of the molecule is Oc1cccc(C2=C3NC(=C(c4cccc(O)c4)c4ccc([nH]4)C(c4cccc(O)c4)=c4ccc([nH]4)=C(c4cccc(O)c4)c4ccc2[nH]4)C(O)(C(F)(F)F)C3(O)C(F)(F)F)c1. The van der Waals surface area contributed by atoms with Crippen LogP contribution in [0, 0.1) is 0 Å². The maximum absolute atomic E-state index is 15.9. The average Bonchev–Trinajstić information content (AvgIpc) is 4.02. The molecular formula is C46H32F6N4O6. The molecule has 9 rings (SSSR count). The van der Waals surface area contributed by atoms with Gasteiger partial charge in [-0.3, -0.25) is 0 Å². The van der Waals surface area contributed by atoms with Gasteiger partial charge in [0.15, 0.2) is 0 Å². The first kappa shape index (κ1) is 39.9. The minimum atomic E-state index is -6.28. The van der Waals surface area contributed by atoms with Gasteiger partial charge in [-0.1, -0.05) is 48.5 Å². The number of hydrogen-bond donors (Lipinski definition) is 10. The minimum absolute atomic E-state index is 0.145. The fourth-order valence-electron chi connectivity index (χ4n) is 8.34. The molecule has 2 aliphatic heterocycles. The number of aromatic hydroxyl groups is 4. The summed E-state index contributed by atoms with van der Waals surface area (Å²) in [5, 5.41) is 69.7. The zero-order valence-corrected chi connectivity index (χ0v) is 31.7. The fourth-order valence-corrected chi connectivity index (χ4v) is 8.34. The maximum atomic E-state index is 15.9. The molecule has 5 heterocycles. The van der Waals surface area contributed by atoms with Crippen LogP contribution in [0.2, 0.25) is 0 Å². The molecular weight excluding hydrogens is 819 g/mol. The number of halogens is 6. The van der Waals surface area contributed by atoms with Crippen molar-refractivity contribution in [2.45, 2.75) is 23.6 Å². The van der Waals surface area contributed by atoms with E-state index in [-0.39, 0.29) is 45.4 Å². The number of aromatic nitrogens is 3. The summed E-state index contributed by atoms with van der Waals surface area (Å²) in [6, 6.07) is 30.1. The lowest BCUT2D eigenvalue weighted by Gasteiger charge is -2.40. The average molecular weight is 851 g/mol. The first-order valence-electron chi connectivity index (χ1n) is 18.7. The Bertz CT molecular complexity index is 2930. The van der Waals surface area contributed by atoms with Crippen LogP contribution in [0.15, 0.2) is 145 Å². The normalized spacial score (nSPS) is 19.3. The van der Waals surface area contributed by atoms with Crippen LogP contribution < -0.4 is 16.0 Å².